The molecule has 2 heterocycles. The molecule has 0 bridgehead atoms. The van der Waals surface area contributed by atoms with Crippen LogP contribution in [0.15, 0.2) is 18.2 Å². The minimum atomic E-state index is 0.165. The second-order valence-corrected chi connectivity index (χ2v) is 5.94. The van der Waals surface area contributed by atoms with Gasteiger partial charge in [0.25, 0.3) is 5.91 Å². The van der Waals surface area contributed by atoms with E-state index in [1.165, 1.54) is 5.56 Å². The van der Waals surface area contributed by atoms with Crippen molar-refractivity contribution in [2.45, 2.75) is 38.6 Å². The molecule has 114 valence electrons. The zero-order valence-electron chi connectivity index (χ0n) is 12.7. The van der Waals surface area contributed by atoms with Gasteiger partial charge in [0.15, 0.2) is 0 Å². The average molecular weight is 288 g/mol. The van der Waals surface area contributed by atoms with Crippen molar-refractivity contribution in [3.63, 3.8) is 0 Å². The molecule has 1 fully saturated rings. The number of hydrogen-bond donors (Lipinski definition) is 1. The van der Waals surface area contributed by atoms with Crippen LogP contribution in [0.5, 0.6) is 5.75 Å². The molecule has 1 aromatic carbocycles. The number of rotatable bonds is 4. The molecule has 0 aliphatic carbocycles. The summed E-state index contributed by atoms with van der Waals surface area (Å²) in [6, 6.07) is 6.41. The smallest absolute Gasteiger partial charge is 0.253 e. The van der Waals surface area contributed by atoms with Crippen LogP contribution in [0.25, 0.3) is 0 Å². The predicted molar refractivity (Wildman–Crippen MR) is 82.9 cm³/mol. The average Bonchev–Trinajstić information content (AvgIpc) is 3.00. The Bertz CT molecular complexity index is 508. The van der Waals surface area contributed by atoms with Crippen LogP contribution in [0, 0.1) is 0 Å². The Morgan fingerprint density at radius 1 is 1.38 bits per heavy atom. The maximum absolute atomic E-state index is 12.6. The molecule has 0 aromatic heterocycles. The van der Waals surface area contributed by atoms with Crippen LogP contribution < -0.4 is 10.1 Å². The third-order valence-electron chi connectivity index (χ3n) is 4.40. The highest BCUT2D eigenvalue weighted by Gasteiger charge is 2.24. The van der Waals surface area contributed by atoms with Gasteiger partial charge in [0, 0.05) is 31.1 Å². The summed E-state index contributed by atoms with van der Waals surface area (Å²) in [6.07, 6.45) is 4.19. The Kier molecular flexibility index (Phi) is 4.44. The van der Waals surface area contributed by atoms with Crippen molar-refractivity contribution in [1.29, 1.82) is 0 Å². The normalized spacial score (nSPS) is 18.4. The second kappa shape index (κ2) is 6.48. The van der Waals surface area contributed by atoms with Crippen molar-refractivity contribution in [2.75, 3.05) is 26.2 Å². The van der Waals surface area contributed by atoms with Crippen molar-refractivity contribution in [2.24, 2.45) is 0 Å². The fourth-order valence-corrected chi connectivity index (χ4v) is 3.14. The lowest BCUT2D eigenvalue weighted by Crippen LogP contribution is -2.45. The van der Waals surface area contributed by atoms with Crippen LogP contribution in [0.4, 0.5) is 0 Å². The van der Waals surface area contributed by atoms with Crippen LogP contribution in [0.3, 0.4) is 0 Å². The van der Waals surface area contributed by atoms with Gasteiger partial charge in [-0.2, -0.15) is 0 Å². The fourth-order valence-electron chi connectivity index (χ4n) is 3.14. The Morgan fingerprint density at radius 3 is 2.95 bits per heavy atom. The molecule has 1 N–H and O–H groups in total. The molecule has 0 unspecified atom stereocenters. The van der Waals surface area contributed by atoms with Gasteiger partial charge in [0.2, 0.25) is 0 Å². The van der Waals surface area contributed by atoms with E-state index in [1.807, 2.05) is 23.1 Å². The maximum Gasteiger partial charge on any atom is 0.253 e. The molecule has 21 heavy (non-hydrogen) atoms. The van der Waals surface area contributed by atoms with Gasteiger partial charge in [-0.15, -0.1) is 0 Å². The first-order chi connectivity index (χ1) is 10.3. The van der Waals surface area contributed by atoms with Crippen LogP contribution >= 0.6 is 0 Å². The van der Waals surface area contributed by atoms with Gasteiger partial charge in [0.1, 0.15) is 5.75 Å². The van der Waals surface area contributed by atoms with Gasteiger partial charge >= 0.3 is 0 Å². The van der Waals surface area contributed by atoms with Gasteiger partial charge in [-0.05, 0) is 49.6 Å². The number of nitrogens with zero attached hydrogens (tertiary/aromatic N) is 1. The number of piperidine rings is 1. The molecule has 0 spiro atoms. The molecule has 3 rings (SSSR count). The van der Waals surface area contributed by atoms with Gasteiger partial charge in [-0.3, -0.25) is 4.79 Å². The monoisotopic (exact) mass is 288 g/mol. The van der Waals surface area contributed by atoms with Crippen LogP contribution in [-0.4, -0.2) is 43.1 Å². The van der Waals surface area contributed by atoms with E-state index in [0.717, 1.165) is 63.2 Å². The van der Waals surface area contributed by atoms with E-state index in [9.17, 15) is 4.79 Å². The number of carbonyl (C=O) groups is 1. The first-order valence-electron chi connectivity index (χ1n) is 8.06. The summed E-state index contributed by atoms with van der Waals surface area (Å²) in [6.45, 7) is 5.70. The van der Waals surface area contributed by atoms with Crippen molar-refractivity contribution in [1.82, 2.24) is 10.2 Å². The number of amides is 1. The molecule has 4 nitrogen and oxygen atoms in total. The summed E-state index contributed by atoms with van der Waals surface area (Å²) in [4.78, 5) is 14.6. The summed E-state index contributed by atoms with van der Waals surface area (Å²) in [5.74, 6) is 1.10. The Morgan fingerprint density at radius 2 is 2.19 bits per heavy atom. The lowest BCUT2D eigenvalue weighted by Gasteiger charge is -2.32. The molecular weight excluding hydrogens is 264 g/mol. The molecule has 0 saturated carbocycles. The summed E-state index contributed by atoms with van der Waals surface area (Å²) in [5, 5.41) is 3.55. The van der Waals surface area contributed by atoms with Crippen LogP contribution in [0.2, 0.25) is 0 Å². The lowest BCUT2D eigenvalue weighted by molar-refractivity contribution is 0.0705. The van der Waals surface area contributed by atoms with Gasteiger partial charge in [-0.1, -0.05) is 6.92 Å². The molecule has 1 saturated heterocycles. The van der Waals surface area contributed by atoms with E-state index in [2.05, 4.69) is 12.2 Å². The molecular formula is C17H24N2O2. The number of carbonyl (C=O) groups excluding carboxylic acids is 1. The highest BCUT2D eigenvalue weighted by Crippen LogP contribution is 2.26. The number of nitrogens with one attached hydrogen (secondary N) is 1. The van der Waals surface area contributed by atoms with Crippen molar-refractivity contribution in [3.05, 3.63) is 29.3 Å². The van der Waals surface area contributed by atoms with Crippen molar-refractivity contribution >= 4 is 5.91 Å². The van der Waals surface area contributed by atoms with E-state index < -0.39 is 0 Å². The number of likely N-dealkylation sites (tertiary alicyclic amines) is 1. The number of ether oxygens (including phenoxy) is 1. The zero-order chi connectivity index (χ0) is 14.7. The number of benzene rings is 1. The highest BCUT2D eigenvalue weighted by atomic mass is 16.5. The summed E-state index contributed by atoms with van der Waals surface area (Å²) in [7, 11) is 0. The minimum absolute atomic E-state index is 0.165. The molecule has 2 aliphatic heterocycles. The van der Waals surface area contributed by atoms with E-state index in [0.29, 0.717) is 6.04 Å². The highest BCUT2D eigenvalue weighted by molar-refractivity contribution is 5.94. The first kappa shape index (κ1) is 14.4. The first-order valence-corrected chi connectivity index (χ1v) is 8.06. The number of hydrogen-bond acceptors (Lipinski definition) is 3. The SMILES string of the molecule is CCCNC1CCN(C(=O)c2ccc3c(c2)CCO3)CC1. The third-order valence-corrected chi connectivity index (χ3v) is 4.40. The molecule has 2 aliphatic rings. The van der Waals surface area contributed by atoms with E-state index >= 15 is 0 Å². The molecule has 1 aromatic rings. The largest absolute Gasteiger partial charge is 0.493 e. The Labute approximate surface area is 126 Å². The summed E-state index contributed by atoms with van der Waals surface area (Å²) in [5.41, 5.74) is 1.97. The van der Waals surface area contributed by atoms with E-state index in [4.69, 9.17) is 4.74 Å². The molecule has 0 radical (unpaired) electrons. The van der Waals surface area contributed by atoms with Gasteiger partial charge in [-0.25, -0.2) is 0 Å². The lowest BCUT2D eigenvalue weighted by atomic mass is 10.0. The van der Waals surface area contributed by atoms with Crippen LogP contribution in [-0.2, 0) is 6.42 Å². The summed E-state index contributed by atoms with van der Waals surface area (Å²) >= 11 is 0. The zero-order valence-corrected chi connectivity index (χ0v) is 12.7. The van der Waals surface area contributed by atoms with E-state index in [-0.39, 0.29) is 5.91 Å². The second-order valence-electron chi connectivity index (χ2n) is 5.94. The van der Waals surface area contributed by atoms with Crippen LogP contribution in [0.1, 0.15) is 42.1 Å². The quantitative estimate of drug-likeness (QED) is 0.923. The Hall–Kier alpha value is -1.55. The molecule has 0 atom stereocenters. The summed E-state index contributed by atoms with van der Waals surface area (Å²) < 4.78 is 5.50. The maximum atomic E-state index is 12.6. The predicted octanol–water partition coefficient (Wildman–Crippen LogP) is 2.23. The molecule has 4 heteroatoms. The van der Waals surface area contributed by atoms with Crippen molar-refractivity contribution in [3.8, 4) is 5.75 Å². The number of fused-ring (bicyclic) bond motifs is 1. The van der Waals surface area contributed by atoms with Gasteiger partial charge in [0.05, 0.1) is 6.61 Å². The third kappa shape index (κ3) is 3.21. The minimum Gasteiger partial charge on any atom is -0.493 e. The van der Waals surface area contributed by atoms with E-state index in [1.54, 1.807) is 0 Å². The Balaban J connectivity index is 1.59. The van der Waals surface area contributed by atoms with Crippen molar-refractivity contribution < 1.29 is 9.53 Å². The topological polar surface area (TPSA) is 41.6 Å². The molecule has 1 amide bonds. The fraction of sp³-hybridized carbons (Fsp3) is 0.588. The van der Waals surface area contributed by atoms with Gasteiger partial charge < -0.3 is 15.0 Å². The standard InChI is InChI=1S/C17H24N2O2/c1-2-8-18-15-5-9-19(10-6-15)17(20)14-3-4-16-13(12-14)7-11-21-16/h3-4,12,15,18H,2,5-11H2,1H3.